The molecule has 0 unspecified atom stereocenters. The summed E-state index contributed by atoms with van der Waals surface area (Å²) in [4.78, 5) is 70.8. The molecule has 1 aliphatic carbocycles. The van der Waals surface area contributed by atoms with E-state index in [2.05, 4.69) is 36.1 Å². The number of carbonyl (C=O) groups is 6. The number of nitrogen functional groups attached to an aromatic ring is 1. The van der Waals surface area contributed by atoms with Crippen LogP contribution in [0.1, 0.15) is 31.7 Å². The van der Waals surface area contributed by atoms with Gasteiger partial charge in [0, 0.05) is 97.2 Å². The molecule has 2 aliphatic rings. The van der Waals surface area contributed by atoms with E-state index in [1.807, 2.05) is 6.20 Å². The number of fused-ring (bicyclic) bond motifs is 1. The number of hydrogen-bond acceptors (Lipinski definition) is 15. The minimum atomic E-state index is -4.10. The fourth-order valence-corrected chi connectivity index (χ4v) is 8.94. The van der Waals surface area contributed by atoms with Crippen molar-refractivity contribution in [2.75, 3.05) is 43.7 Å². The molecule has 2 aromatic heterocycles. The van der Waals surface area contributed by atoms with Gasteiger partial charge in [0.1, 0.15) is 35.2 Å². The van der Waals surface area contributed by atoms with E-state index in [9.17, 15) is 54.4 Å². The van der Waals surface area contributed by atoms with Gasteiger partial charge >= 0.3 is 35.8 Å². The number of nitrogens with two attached hydrogens (primary N) is 1. The molecule has 1 aliphatic heterocycles. The minimum absolute atomic E-state index is 0.0967. The number of anilines is 2. The largest absolute Gasteiger partial charge is 0.478 e. The van der Waals surface area contributed by atoms with Gasteiger partial charge in [-0.25, -0.2) is 68.7 Å². The summed E-state index contributed by atoms with van der Waals surface area (Å²) in [5.41, 5.74) is 8.02. The normalized spacial score (nSPS) is 15.9. The number of hydrogen-bond donors (Lipinski definition) is 8. The highest BCUT2D eigenvalue weighted by atomic mass is 35.7. The zero-order valence-corrected chi connectivity index (χ0v) is 42.1. The molecular weight excluding hydrogens is 1080 g/mol. The molecule has 3 aromatic carbocycles. The second-order valence-corrected chi connectivity index (χ2v) is 20.1. The SMILES string of the molecule is CN1CCN(C2CCC(n3cc(-c4ccc(NS(=O)(=O)c5ccc(F)cc5)c(F)c4)c4c(N)ncnc43)CC2)CC1.O=C(O)C=CC(=O)O.O=C(O)C=CC(=O)O.O=C(O)C=CC(=O)O.O=S(=O)(Cl)c1ccc(F)cc1. The van der Waals surface area contributed by atoms with Crippen LogP contribution >= 0.6 is 10.7 Å². The summed E-state index contributed by atoms with van der Waals surface area (Å²) in [6, 6.07) is 13.7. The van der Waals surface area contributed by atoms with Crippen LogP contribution in [-0.2, 0) is 47.8 Å². The van der Waals surface area contributed by atoms with Crippen LogP contribution in [0.4, 0.5) is 24.7 Å². The van der Waals surface area contributed by atoms with E-state index in [1.165, 1.54) is 18.5 Å². The molecule has 2 fully saturated rings. The third-order valence-electron chi connectivity index (χ3n) is 10.6. The van der Waals surface area contributed by atoms with Crippen molar-refractivity contribution in [2.45, 2.75) is 47.6 Å². The summed E-state index contributed by atoms with van der Waals surface area (Å²) in [7, 11) is -0.688. The number of nitrogens with zero attached hydrogens (tertiary/aromatic N) is 5. The van der Waals surface area contributed by atoms with Crippen molar-refractivity contribution < 1.29 is 89.4 Å². The van der Waals surface area contributed by atoms with Crippen LogP contribution in [0.25, 0.3) is 22.2 Å². The molecule has 0 atom stereocenters. The Labute approximate surface area is 435 Å². The van der Waals surface area contributed by atoms with Gasteiger partial charge in [-0.15, -0.1) is 0 Å². The van der Waals surface area contributed by atoms with Crippen LogP contribution in [0, 0.1) is 17.5 Å². The van der Waals surface area contributed by atoms with Crippen LogP contribution in [-0.4, -0.2) is 147 Å². The van der Waals surface area contributed by atoms with E-state index in [4.69, 9.17) is 47.1 Å². The highest BCUT2D eigenvalue weighted by Gasteiger charge is 2.30. The minimum Gasteiger partial charge on any atom is -0.478 e. The van der Waals surface area contributed by atoms with E-state index in [1.54, 1.807) is 6.07 Å². The number of sulfonamides is 1. The van der Waals surface area contributed by atoms with Gasteiger partial charge in [-0.2, -0.15) is 0 Å². The molecule has 5 aromatic rings. The number of likely N-dealkylation sites (N-methyl/N-ethyl adjacent to an activating group) is 1. The molecule has 0 radical (unpaired) electrons. The lowest BCUT2D eigenvalue weighted by Gasteiger charge is -2.41. The third-order valence-corrected chi connectivity index (χ3v) is 13.4. The molecule has 9 N–H and O–H groups in total. The number of aromatic nitrogens is 3. The molecule has 23 nitrogen and oxygen atoms in total. The highest BCUT2D eigenvalue weighted by molar-refractivity contribution is 8.13. The Kier molecular flexibility index (Phi) is 23.7. The zero-order valence-electron chi connectivity index (χ0n) is 39.7. The molecule has 3 heterocycles. The lowest BCUT2D eigenvalue weighted by atomic mass is 9.89. The fraction of sp³-hybridized carbons (Fsp3) is 0.234. The predicted molar refractivity (Wildman–Crippen MR) is 268 cm³/mol. The lowest BCUT2D eigenvalue weighted by Crippen LogP contribution is -2.49. The quantitative estimate of drug-likeness (QED) is 0.0542. The number of carboxylic acid groups (broad SMARTS) is 6. The predicted octanol–water partition coefficient (Wildman–Crippen LogP) is 5.38. The first-order valence-electron chi connectivity index (χ1n) is 21.8. The number of rotatable bonds is 13. The molecule has 7 rings (SSSR count). The Bertz CT molecular complexity index is 3050. The van der Waals surface area contributed by atoms with Crippen LogP contribution in [0.2, 0.25) is 0 Å². The molecular formula is C47H49ClF3N7O16S2. The van der Waals surface area contributed by atoms with Gasteiger partial charge in [-0.05, 0) is 99.0 Å². The molecule has 76 heavy (non-hydrogen) atoms. The Morgan fingerprint density at radius 1 is 0.632 bits per heavy atom. The van der Waals surface area contributed by atoms with Gasteiger partial charge in [0.05, 0.1) is 20.9 Å². The van der Waals surface area contributed by atoms with Crippen LogP contribution in [0.5, 0.6) is 0 Å². The third kappa shape index (κ3) is 21.0. The van der Waals surface area contributed by atoms with Crippen molar-refractivity contribution in [3.05, 3.63) is 133 Å². The van der Waals surface area contributed by atoms with Crippen LogP contribution in [0.15, 0.2) is 126 Å². The average Bonchev–Trinajstić information content (AvgIpc) is 3.75. The van der Waals surface area contributed by atoms with Crippen LogP contribution in [0.3, 0.4) is 0 Å². The van der Waals surface area contributed by atoms with Gasteiger partial charge in [0.2, 0.25) is 0 Å². The molecule has 1 saturated carbocycles. The summed E-state index contributed by atoms with van der Waals surface area (Å²) >= 11 is 0. The number of nitrogens with one attached hydrogen (secondary N) is 1. The molecule has 29 heteroatoms. The van der Waals surface area contributed by atoms with Gasteiger partial charge in [-0.3, -0.25) is 9.62 Å². The van der Waals surface area contributed by atoms with Crippen molar-refractivity contribution in [1.29, 1.82) is 0 Å². The first-order chi connectivity index (χ1) is 35.6. The smallest absolute Gasteiger partial charge is 0.328 e. The number of aliphatic carboxylic acids is 6. The first-order valence-corrected chi connectivity index (χ1v) is 25.6. The van der Waals surface area contributed by atoms with E-state index < -0.39 is 72.3 Å². The van der Waals surface area contributed by atoms with Crippen LogP contribution < -0.4 is 10.5 Å². The highest BCUT2D eigenvalue weighted by Crippen LogP contribution is 2.40. The molecule has 0 spiro atoms. The monoisotopic (exact) mass is 1120 g/mol. The zero-order chi connectivity index (χ0) is 56.9. The van der Waals surface area contributed by atoms with E-state index in [-0.39, 0.29) is 21.5 Å². The Balaban J connectivity index is 0.000000350. The summed E-state index contributed by atoms with van der Waals surface area (Å²) in [5.74, 6) is -9.05. The summed E-state index contributed by atoms with van der Waals surface area (Å²) in [6.07, 6.45) is 11.0. The standard InChI is InChI=1S/C29H33F2N7O2S.C6H4ClFO2S.3C4H4O4/c1-36-12-14-37(15-13-36)21-5-7-22(8-6-21)38-17-24(27-28(32)33-18-34-29(27)38)19-2-11-26(25(31)16-19)35-41(39,40)23-9-3-20(30)4-10-23;7-11(9,10)6-3-1-5(8)2-4-6;3*5-3(6)1-2-4(7)8/h2-4,9-11,16-18,21-22,35H,5-8,12-15H2,1H3,(H2,32,33,34);1-4H;3*1-2H,(H,5,6)(H,7,8). The fourth-order valence-electron chi connectivity index (χ4n) is 7.10. The number of carboxylic acids is 6. The van der Waals surface area contributed by atoms with Crippen molar-refractivity contribution >= 4 is 88.1 Å². The Morgan fingerprint density at radius 2 is 1.05 bits per heavy atom. The molecule has 1 saturated heterocycles. The molecule has 0 bridgehead atoms. The van der Waals surface area contributed by atoms with Crippen molar-refractivity contribution in [3.8, 4) is 11.1 Å². The average molecular weight is 1120 g/mol. The van der Waals surface area contributed by atoms with Gasteiger partial charge in [0.15, 0.2) is 0 Å². The number of piperazine rings is 1. The second-order valence-electron chi connectivity index (χ2n) is 15.9. The van der Waals surface area contributed by atoms with E-state index in [0.29, 0.717) is 70.5 Å². The molecule has 408 valence electrons. The van der Waals surface area contributed by atoms with Crippen molar-refractivity contribution in [1.82, 2.24) is 24.3 Å². The second kappa shape index (κ2) is 29.1. The maximum Gasteiger partial charge on any atom is 0.328 e. The number of halogens is 4. The summed E-state index contributed by atoms with van der Waals surface area (Å²) < 4.78 is 91.8. The maximum absolute atomic E-state index is 15.3. The van der Waals surface area contributed by atoms with Crippen molar-refractivity contribution in [2.24, 2.45) is 0 Å². The maximum atomic E-state index is 15.3. The van der Waals surface area contributed by atoms with Crippen molar-refractivity contribution in [3.63, 3.8) is 0 Å². The topological polar surface area (TPSA) is 367 Å². The lowest BCUT2D eigenvalue weighted by molar-refractivity contribution is -0.134. The summed E-state index contributed by atoms with van der Waals surface area (Å²) in [5, 5.41) is 47.5. The summed E-state index contributed by atoms with van der Waals surface area (Å²) in [6.45, 7) is 4.41. The van der Waals surface area contributed by atoms with E-state index >= 15 is 4.39 Å². The number of benzene rings is 3. The Morgan fingerprint density at radius 3 is 1.46 bits per heavy atom. The molecule has 0 amide bonds. The Hall–Kier alpha value is -8.18. The van der Waals surface area contributed by atoms with E-state index in [0.717, 1.165) is 100 Å². The van der Waals surface area contributed by atoms with Gasteiger partial charge < -0.3 is 45.8 Å². The van der Waals surface area contributed by atoms with Gasteiger partial charge in [0.25, 0.3) is 19.1 Å². The van der Waals surface area contributed by atoms with Gasteiger partial charge in [-0.1, -0.05) is 6.07 Å². The first kappa shape index (κ1) is 62.1.